The average Bonchev–Trinajstić information content (AvgIpc) is 2.58. The van der Waals surface area contributed by atoms with E-state index in [1.165, 1.54) is 12.1 Å². The molecule has 2 rings (SSSR count). The summed E-state index contributed by atoms with van der Waals surface area (Å²) in [7, 11) is 1.60. The first-order valence-electron chi connectivity index (χ1n) is 8.18. The number of nitrogens with one attached hydrogen (secondary N) is 1. The highest BCUT2D eigenvalue weighted by molar-refractivity contribution is 9.10. The molecule has 2 aromatic rings. The Morgan fingerprint density at radius 1 is 1.15 bits per heavy atom. The van der Waals surface area contributed by atoms with Crippen molar-refractivity contribution in [1.82, 2.24) is 5.32 Å². The van der Waals surface area contributed by atoms with Crippen molar-refractivity contribution in [2.24, 2.45) is 0 Å². The molecule has 26 heavy (non-hydrogen) atoms. The molecule has 0 fully saturated rings. The average molecular weight is 423 g/mol. The van der Waals surface area contributed by atoms with Crippen molar-refractivity contribution >= 4 is 21.6 Å². The highest BCUT2D eigenvalue weighted by atomic mass is 79.9. The maximum Gasteiger partial charge on any atom is 0.269 e. The van der Waals surface area contributed by atoms with Gasteiger partial charge in [0.15, 0.2) is 11.5 Å². The fraction of sp³-hybridized carbons (Fsp3) is 0.368. The van der Waals surface area contributed by atoms with Crippen LogP contribution in [0, 0.1) is 10.1 Å². The maximum absolute atomic E-state index is 10.8. The molecule has 0 radical (unpaired) electrons. The van der Waals surface area contributed by atoms with E-state index in [4.69, 9.17) is 9.47 Å². The lowest BCUT2D eigenvalue weighted by Crippen LogP contribution is -2.35. The first-order chi connectivity index (χ1) is 12.2. The van der Waals surface area contributed by atoms with Crippen molar-refractivity contribution < 1.29 is 14.4 Å². The third-order valence-corrected chi connectivity index (χ3v) is 4.46. The lowest BCUT2D eigenvalue weighted by Gasteiger charge is -2.23. The van der Waals surface area contributed by atoms with Crippen molar-refractivity contribution in [2.75, 3.05) is 7.11 Å². The quantitative estimate of drug-likeness (QED) is 0.510. The standard InChI is InChI=1S/C19H23BrN2O4/c1-19(2,3)21-11-15-16(20)9-10-17(25-4)18(15)26-12-13-5-7-14(8-6-13)22(23)24/h5-10,21H,11-12H2,1-4H3. The number of ether oxygens (including phenoxy) is 2. The predicted molar refractivity (Wildman–Crippen MR) is 105 cm³/mol. The number of methoxy groups -OCH3 is 1. The molecule has 0 heterocycles. The Kier molecular flexibility index (Phi) is 6.61. The molecule has 0 aliphatic heterocycles. The molecule has 0 atom stereocenters. The van der Waals surface area contributed by atoms with Crippen LogP contribution in [0.2, 0.25) is 0 Å². The van der Waals surface area contributed by atoms with Gasteiger partial charge in [-0.15, -0.1) is 0 Å². The van der Waals surface area contributed by atoms with Gasteiger partial charge in [-0.25, -0.2) is 0 Å². The van der Waals surface area contributed by atoms with E-state index >= 15 is 0 Å². The van der Waals surface area contributed by atoms with Crippen LogP contribution in [-0.2, 0) is 13.2 Å². The first kappa shape index (κ1) is 20.2. The number of hydrogen-bond donors (Lipinski definition) is 1. The molecular formula is C19H23BrN2O4. The van der Waals surface area contributed by atoms with Crippen molar-refractivity contribution in [3.63, 3.8) is 0 Å². The number of rotatable bonds is 7. The molecule has 6 nitrogen and oxygen atoms in total. The van der Waals surface area contributed by atoms with Crippen LogP contribution in [0.1, 0.15) is 31.9 Å². The zero-order valence-electron chi connectivity index (χ0n) is 15.3. The topological polar surface area (TPSA) is 73.6 Å². The lowest BCUT2D eigenvalue weighted by atomic mass is 10.1. The Labute approximate surface area is 161 Å². The summed E-state index contributed by atoms with van der Waals surface area (Å²) in [6.07, 6.45) is 0. The van der Waals surface area contributed by atoms with Gasteiger partial charge in [0, 0.05) is 34.3 Å². The van der Waals surface area contributed by atoms with Crippen LogP contribution in [0.15, 0.2) is 40.9 Å². The van der Waals surface area contributed by atoms with Crippen LogP contribution in [0.25, 0.3) is 0 Å². The zero-order valence-corrected chi connectivity index (χ0v) is 16.9. The Morgan fingerprint density at radius 3 is 2.35 bits per heavy atom. The maximum atomic E-state index is 10.8. The minimum Gasteiger partial charge on any atom is -0.493 e. The van der Waals surface area contributed by atoms with Crippen LogP contribution in [0.3, 0.4) is 0 Å². The van der Waals surface area contributed by atoms with Gasteiger partial charge in [-0.3, -0.25) is 10.1 Å². The zero-order chi connectivity index (χ0) is 19.3. The summed E-state index contributed by atoms with van der Waals surface area (Å²) in [6.45, 7) is 7.18. The molecule has 0 aromatic heterocycles. The fourth-order valence-electron chi connectivity index (χ4n) is 2.29. The molecule has 0 saturated heterocycles. The van der Waals surface area contributed by atoms with E-state index in [1.807, 2.05) is 12.1 Å². The molecule has 0 spiro atoms. The van der Waals surface area contributed by atoms with Gasteiger partial charge < -0.3 is 14.8 Å². The fourth-order valence-corrected chi connectivity index (χ4v) is 2.74. The molecular weight excluding hydrogens is 400 g/mol. The van der Waals surface area contributed by atoms with Crippen LogP contribution < -0.4 is 14.8 Å². The summed E-state index contributed by atoms with van der Waals surface area (Å²) in [6, 6.07) is 10.1. The van der Waals surface area contributed by atoms with E-state index in [0.717, 1.165) is 15.6 Å². The van der Waals surface area contributed by atoms with Crippen molar-refractivity contribution in [3.8, 4) is 11.5 Å². The highest BCUT2D eigenvalue weighted by Crippen LogP contribution is 2.37. The summed E-state index contributed by atoms with van der Waals surface area (Å²) in [5.41, 5.74) is 1.82. The van der Waals surface area contributed by atoms with Crippen molar-refractivity contribution in [1.29, 1.82) is 0 Å². The summed E-state index contributed by atoms with van der Waals surface area (Å²) in [4.78, 5) is 10.3. The van der Waals surface area contributed by atoms with Gasteiger partial charge in [-0.1, -0.05) is 15.9 Å². The second kappa shape index (κ2) is 8.51. The molecule has 0 unspecified atom stereocenters. The largest absolute Gasteiger partial charge is 0.493 e. The van der Waals surface area contributed by atoms with Gasteiger partial charge in [0.2, 0.25) is 0 Å². The SMILES string of the molecule is COc1ccc(Br)c(CNC(C)(C)C)c1OCc1ccc([N+](=O)[O-])cc1. The van der Waals surface area contributed by atoms with E-state index in [0.29, 0.717) is 18.0 Å². The van der Waals surface area contributed by atoms with E-state index < -0.39 is 4.92 Å². The van der Waals surface area contributed by atoms with Crippen LogP contribution >= 0.6 is 15.9 Å². The predicted octanol–water partition coefficient (Wildman–Crippen LogP) is 4.83. The van der Waals surface area contributed by atoms with Gasteiger partial charge in [-0.2, -0.15) is 0 Å². The summed E-state index contributed by atoms with van der Waals surface area (Å²) < 4.78 is 12.4. The van der Waals surface area contributed by atoms with E-state index in [1.54, 1.807) is 19.2 Å². The lowest BCUT2D eigenvalue weighted by molar-refractivity contribution is -0.384. The molecule has 140 valence electrons. The second-order valence-corrected chi connectivity index (χ2v) is 7.73. The third-order valence-electron chi connectivity index (χ3n) is 3.71. The Morgan fingerprint density at radius 2 is 1.81 bits per heavy atom. The van der Waals surface area contributed by atoms with Crippen LogP contribution in [-0.4, -0.2) is 17.6 Å². The third kappa shape index (κ3) is 5.44. The molecule has 0 bridgehead atoms. The Hall–Kier alpha value is -2.12. The summed E-state index contributed by atoms with van der Waals surface area (Å²) in [5.74, 6) is 1.29. The molecule has 2 aromatic carbocycles. The first-order valence-corrected chi connectivity index (χ1v) is 8.97. The van der Waals surface area contributed by atoms with Gasteiger partial charge >= 0.3 is 0 Å². The van der Waals surface area contributed by atoms with Gasteiger partial charge in [-0.05, 0) is 50.6 Å². The monoisotopic (exact) mass is 422 g/mol. The van der Waals surface area contributed by atoms with Gasteiger partial charge in [0.05, 0.1) is 12.0 Å². The highest BCUT2D eigenvalue weighted by Gasteiger charge is 2.17. The van der Waals surface area contributed by atoms with Gasteiger partial charge in [0.25, 0.3) is 5.69 Å². The van der Waals surface area contributed by atoms with Crippen molar-refractivity contribution in [3.05, 3.63) is 62.1 Å². The minimum atomic E-state index is -0.418. The number of hydrogen-bond acceptors (Lipinski definition) is 5. The van der Waals surface area contributed by atoms with Crippen LogP contribution in [0.5, 0.6) is 11.5 Å². The summed E-state index contributed by atoms with van der Waals surface area (Å²) >= 11 is 3.58. The van der Waals surface area contributed by atoms with E-state index in [2.05, 4.69) is 42.0 Å². The van der Waals surface area contributed by atoms with E-state index in [9.17, 15) is 10.1 Å². The Bertz CT molecular complexity index is 770. The molecule has 7 heteroatoms. The summed E-state index contributed by atoms with van der Waals surface area (Å²) in [5, 5.41) is 14.2. The second-order valence-electron chi connectivity index (χ2n) is 6.87. The number of non-ortho nitro benzene ring substituents is 1. The Balaban J connectivity index is 2.23. The molecule has 0 amide bonds. The van der Waals surface area contributed by atoms with E-state index in [-0.39, 0.29) is 17.8 Å². The number of halogens is 1. The van der Waals surface area contributed by atoms with Crippen molar-refractivity contribution in [2.45, 2.75) is 39.5 Å². The molecule has 1 N–H and O–H groups in total. The molecule has 0 saturated carbocycles. The number of nitro groups is 1. The molecule has 0 aliphatic carbocycles. The van der Waals surface area contributed by atoms with Gasteiger partial charge in [0.1, 0.15) is 6.61 Å². The normalized spacial score (nSPS) is 11.3. The van der Waals surface area contributed by atoms with Crippen LogP contribution in [0.4, 0.5) is 5.69 Å². The number of benzene rings is 2. The molecule has 0 aliphatic rings. The number of nitro benzene ring substituents is 1. The number of nitrogens with zero attached hydrogens (tertiary/aromatic N) is 1. The minimum absolute atomic E-state index is 0.0435. The smallest absolute Gasteiger partial charge is 0.269 e.